The zero-order valence-corrected chi connectivity index (χ0v) is 17.6. The van der Waals surface area contributed by atoms with Crippen molar-refractivity contribution in [2.24, 2.45) is 16.6 Å². The molecule has 1 amide bonds. The lowest BCUT2D eigenvalue weighted by molar-refractivity contribution is -0.119. The number of nitrogens with one attached hydrogen (secondary N) is 2. The highest BCUT2D eigenvalue weighted by molar-refractivity contribution is 14.0. The molecule has 1 aliphatic rings. The fraction of sp³-hybridized carbons (Fsp3) is 0.706. The molecule has 2 rings (SSSR count). The van der Waals surface area contributed by atoms with Crippen molar-refractivity contribution in [1.29, 1.82) is 0 Å². The second-order valence-corrected chi connectivity index (χ2v) is 6.48. The predicted octanol–water partition coefficient (Wildman–Crippen LogP) is 1.82. The third-order valence-corrected chi connectivity index (χ3v) is 4.44. The molecule has 4 N–H and O–H groups in total. The van der Waals surface area contributed by atoms with E-state index in [9.17, 15) is 4.79 Å². The van der Waals surface area contributed by atoms with E-state index in [2.05, 4.69) is 27.3 Å². The minimum atomic E-state index is -0.209. The van der Waals surface area contributed by atoms with Crippen LogP contribution in [0.4, 0.5) is 0 Å². The number of hydrogen-bond acceptors (Lipinski definition) is 3. The number of primary amides is 1. The monoisotopic (exact) mass is 462 g/mol. The van der Waals surface area contributed by atoms with Crippen molar-refractivity contribution < 1.29 is 4.79 Å². The Bertz CT molecular complexity index is 559. The molecule has 142 valence electrons. The van der Waals surface area contributed by atoms with Gasteiger partial charge in [-0.1, -0.05) is 0 Å². The van der Waals surface area contributed by atoms with Gasteiger partial charge < -0.3 is 16.0 Å². The van der Waals surface area contributed by atoms with Crippen LogP contribution in [-0.4, -0.2) is 53.1 Å². The molecule has 1 aliphatic heterocycles. The Kier molecular flexibility index (Phi) is 9.84. The number of amides is 1. The summed E-state index contributed by atoms with van der Waals surface area (Å²) in [5, 5.41) is 10.4. The standard InChI is InChI=1S/C17H30N6O.HI/c1-3-19-17(20-8-4-7-15-11-21-22-13(15)2)23-9-5-6-14(12-23)10-16(18)24;/h11,14H,3-10,12H2,1-2H3,(H2,18,24)(H,19,20)(H,21,22);1H. The Balaban J connectivity index is 0.00000312. The van der Waals surface area contributed by atoms with Gasteiger partial charge >= 0.3 is 0 Å². The van der Waals surface area contributed by atoms with Gasteiger partial charge in [0.1, 0.15) is 0 Å². The van der Waals surface area contributed by atoms with E-state index < -0.39 is 0 Å². The van der Waals surface area contributed by atoms with Gasteiger partial charge in [-0.3, -0.25) is 14.9 Å². The number of nitrogens with two attached hydrogens (primary N) is 1. The lowest BCUT2D eigenvalue weighted by Gasteiger charge is -2.34. The van der Waals surface area contributed by atoms with Gasteiger partial charge in [0.2, 0.25) is 5.91 Å². The molecule has 1 unspecified atom stereocenters. The van der Waals surface area contributed by atoms with Crippen LogP contribution in [0.5, 0.6) is 0 Å². The number of aromatic amines is 1. The zero-order chi connectivity index (χ0) is 17.4. The van der Waals surface area contributed by atoms with Gasteiger partial charge in [-0.15, -0.1) is 24.0 Å². The van der Waals surface area contributed by atoms with E-state index in [1.165, 1.54) is 5.56 Å². The fourth-order valence-corrected chi connectivity index (χ4v) is 3.22. The topological polar surface area (TPSA) is 99.4 Å². The average molecular weight is 462 g/mol. The van der Waals surface area contributed by atoms with Gasteiger partial charge in [-0.25, -0.2) is 0 Å². The second kappa shape index (κ2) is 11.3. The minimum Gasteiger partial charge on any atom is -0.370 e. The lowest BCUT2D eigenvalue weighted by atomic mass is 9.95. The summed E-state index contributed by atoms with van der Waals surface area (Å²) in [6.45, 7) is 7.59. The average Bonchev–Trinajstić information content (AvgIpc) is 2.95. The summed E-state index contributed by atoms with van der Waals surface area (Å²) in [4.78, 5) is 18.2. The Morgan fingerprint density at radius 2 is 2.36 bits per heavy atom. The van der Waals surface area contributed by atoms with Crippen molar-refractivity contribution in [3.63, 3.8) is 0 Å². The van der Waals surface area contributed by atoms with E-state index in [1.54, 1.807) is 0 Å². The van der Waals surface area contributed by atoms with Crippen LogP contribution in [0.15, 0.2) is 11.2 Å². The summed E-state index contributed by atoms with van der Waals surface area (Å²) < 4.78 is 0. The summed E-state index contributed by atoms with van der Waals surface area (Å²) in [6.07, 6.45) is 6.48. The normalized spacial score (nSPS) is 17.9. The largest absolute Gasteiger partial charge is 0.370 e. The van der Waals surface area contributed by atoms with Crippen LogP contribution in [-0.2, 0) is 11.2 Å². The molecule has 1 saturated heterocycles. The molecule has 0 radical (unpaired) electrons. The summed E-state index contributed by atoms with van der Waals surface area (Å²) >= 11 is 0. The molecular formula is C17H31IN6O. The predicted molar refractivity (Wildman–Crippen MR) is 111 cm³/mol. The van der Waals surface area contributed by atoms with Crippen molar-refractivity contribution in [3.8, 4) is 0 Å². The number of rotatable bonds is 7. The highest BCUT2D eigenvalue weighted by atomic mass is 127. The summed E-state index contributed by atoms with van der Waals surface area (Å²) in [6, 6.07) is 0. The number of nitrogens with zero attached hydrogens (tertiary/aromatic N) is 3. The number of hydrogen-bond donors (Lipinski definition) is 3. The van der Waals surface area contributed by atoms with Gasteiger partial charge in [0.05, 0.1) is 6.20 Å². The molecule has 1 atom stereocenters. The molecule has 0 bridgehead atoms. The number of H-pyrrole nitrogens is 1. The highest BCUT2D eigenvalue weighted by Gasteiger charge is 2.23. The number of likely N-dealkylation sites (tertiary alicyclic amines) is 1. The quantitative estimate of drug-likeness (QED) is 0.249. The van der Waals surface area contributed by atoms with Gasteiger partial charge in [0.25, 0.3) is 0 Å². The lowest BCUT2D eigenvalue weighted by Crippen LogP contribution is -2.47. The third kappa shape index (κ3) is 7.21. The van der Waals surface area contributed by atoms with Crippen molar-refractivity contribution in [1.82, 2.24) is 20.4 Å². The van der Waals surface area contributed by atoms with Crippen molar-refractivity contribution in [2.45, 2.75) is 46.0 Å². The van der Waals surface area contributed by atoms with Crippen LogP contribution in [0.3, 0.4) is 0 Å². The van der Waals surface area contributed by atoms with Crippen LogP contribution >= 0.6 is 24.0 Å². The first-order valence-corrected chi connectivity index (χ1v) is 8.90. The fourth-order valence-electron chi connectivity index (χ4n) is 3.22. The van der Waals surface area contributed by atoms with Gasteiger partial charge in [-0.05, 0) is 51.0 Å². The molecule has 0 aliphatic carbocycles. The van der Waals surface area contributed by atoms with E-state index in [0.29, 0.717) is 12.3 Å². The third-order valence-electron chi connectivity index (χ3n) is 4.44. The van der Waals surface area contributed by atoms with E-state index in [-0.39, 0.29) is 29.9 Å². The first-order chi connectivity index (χ1) is 11.6. The molecule has 0 aromatic carbocycles. The van der Waals surface area contributed by atoms with Crippen molar-refractivity contribution in [2.75, 3.05) is 26.2 Å². The Hall–Kier alpha value is -1.32. The molecule has 2 heterocycles. The van der Waals surface area contributed by atoms with E-state index in [4.69, 9.17) is 10.7 Å². The first kappa shape index (κ1) is 21.7. The summed E-state index contributed by atoms with van der Waals surface area (Å²) in [5.74, 6) is 1.09. The van der Waals surface area contributed by atoms with Crippen molar-refractivity contribution >= 4 is 35.8 Å². The molecule has 1 fully saturated rings. The van der Waals surface area contributed by atoms with Gasteiger partial charge in [0, 0.05) is 38.3 Å². The molecule has 0 saturated carbocycles. The number of carbonyl (C=O) groups is 1. The number of halogens is 1. The SMILES string of the molecule is CCNC(=NCCCc1cn[nH]c1C)N1CCCC(CC(N)=O)C1.I. The first-order valence-electron chi connectivity index (χ1n) is 8.90. The second-order valence-electron chi connectivity index (χ2n) is 6.48. The molecule has 1 aromatic rings. The maximum absolute atomic E-state index is 11.2. The zero-order valence-electron chi connectivity index (χ0n) is 15.3. The molecule has 25 heavy (non-hydrogen) atoms. The Morgan fingerprint density at radius 1 is 1.56 bits per heavy atom. The molecule has 8 heteroatoms. The van der Waals surface area contributed by atoms with Crippen LogP contribution in [0.25, 0.3) is 0 Å². The summed E-state index contributed by atoms with van der Waals surface area (Å²) in [5.41, 5.74) is 7.74. The van der Waals surface area contributed by atoms with E-state index in [1.807, 2.05) is 13.1 Å². The van der Waals surface area contributed by atoms with Crippen LogP contribution < -0.4 is 11.1 Å². The summed E-state index contributed by atoms with van der Waals surface area (Å²) in [7, 11) is 0. The number of guanidine groups is 1. The molecule has 1 aromatic heterocycles. The Morgan fingerprint density at radius 3 is 3.00 bits per heavy atom. The highest BCUT2D eigenvalue weighted by Crippen LogP contribution is 2.19. The van der Waals surface area contributed by atoms with Crippen LogP contribution in [0.1, 0.15) is 43.9 Å². The maximum atomic E-state index is 11.2. The smallest absolute Gasteiger partial charge is 0.217 e. The number of aliphatic imine (C=N–C) groups is 1. The molecule has 7 nitrogen and oxygen atoms in total. The van der Waals surface area contributed by atoms with Gasteiger partial charge in [0.15, 0.2) is 5.96 Å². The molecular weight excluding hydrogens is 431 g/mol. The van der Waals surface area contributed by atoms with E-state index in [0.717, 1.165) is 63.5 Å². The molecule has 0 spiro atoms. The number of carbonyl (C=O) groups excluding carboxylic acids is 1. The Labute approximate surface area is 167 Å². The van der Waals surface area contributed by atoms with Crippen molar-refractivity contribution in [3.05, 3.63) is 17.5 Å². The van der Waals surface area contributed by atoms with Crippen LogP contribution in [0.2, 0.25) is 0 Å². The number of aromatic nitrogens is 2. The minimum absolute atomic E-state index is 0. The maximum Gasteiger partial charge on any atom is 0.217 e. The van der Waals surface area contributed by atoms with Crippen LogP contribution in [0, 0.1) is 12.8 Å². The number of aryl methyl sites for hydroxylation is 2. The van der Waals surface area contributed by atoms with E-state index >= 15 is 0 Å². The number of piperidine rings is 1. The van der Waals surface area contributed by atoms with Gasteiger partial charge in [-0.2, -0.15) is 5.10 Å².